The van der Waals surface area contributed by atoms with E-state index >= 15 is 0 Å². The van der Waals surface area contributed by atoms with Crippen molar-refractivity contribution in [3.63, 3.8) is 0 Å². The lowest BCUT2D eigenvalue weighted by molar-refractivity contribution is -0.663. The molecule has 2 aromatic carbocycles. The lowest BCUT2D eigenvalue weighted by atomic mass is 10.0. The van der Waals surface area contributed by atoms with Crippen LogP contribution >= 0.6 is 0 Å². The van der Waals surface area contributed by atoms with E-state index in [1.54, 1.807) is 0 Å². The fraction of sp³-hybridized carbons (Fsp3) is 0.158. The molecule has 0 radical (unpaired) electrons. The molecule has 3 nitrogen and oxygen atoms in total. The standard InChI is InChI=1S/C19H18N3/c1-13-11-16-14-7-4-5-8-17(14)22(3)18(16)12-15(13)19-20-9-6-10-21(19)2/h4-12H,1-3H3/q+1. The Hall–Kier alpha value is -2.68. The Labute approximate surface area is 129 Å². The number of hydrogen-bond donors (Lipinski definition) is 0. The Bertz CT molecular complexity index is 1010. The van der Waals surface area contributed by atoms with Crippen LogP contribution in [0.4, 0.5) is 0 Å². The van der Waals surface area contributed by atoms with Crippen molar-refractivity contribution in [1.82, 2.24) is 9.55 Å². The van der Waals surface area contributed by atoms with Crippen LogP contribution in [0.5, 0.6) is 0 Å². The molecule has 3 heteroatoms. The highest BCUT2D eigenvalue weighted by Gasteiger charge is 2.17. The Kier molecular flexibility index (Phi) is 2.76. The zero-order valence-corrected chi connectivity index (χ0v) is 13.0. The van der Waals surface area contributed by atoms with Gasteiger partial charge >= 0.3 is 5.82 Å². The summed E-state index contributed by atoms with van der Waals surface area (Å²) in [6.07, 6.45) is 3.88. The second kappa shape index (κ2) is 4.67. The lowest BCUT2D eigenvalue weighted by Crippen LogP contribution is -2.31. The van der Waals surface area contributed by atoms with Gasteiger partial charge in [-0.3, -0.25) is 0 Å². The number of rotatable bonds is 1. The molecule has 0 atom stereocenters. The third-order valence-electron chi connectivity index (χ3n) is 4.43. The number of nitrogens with zero attached hydrogens (tertiary/aromatic N) is 3. The van der Waals surface area contributed by atoms with Gasteiger partial charge < -0.3 is 4.57 Å². The van der Waals surface area contributed by atoms with Gasteiger partial charge in [0.2, 0.25) is 0 Å². The van der Waals surface area contributed by atoms with E-state index in [0.29, 0.717) is 0 Å². The monoisotopic (exact) mass is 288 g/mol. The smallest absolute Gasteiger partial charge is 0.330 e. The van der Waals surface area contributed by atoms with Crippen LogP contribution in [-0.4, -0.2) is 9.55 Å². The molecule has 0 saturated carbocycles. The lowest BCUT2D eigenvalue weighted by Gasteiger charge is -2.05. The van der Waals surface area contributed by atoms with Crippen molar-refractivity contribution in [1.29, 1.82) is 0 Å². The highest BCUT2D eigenvalue weighted by molar-refractivity contribution is 6.09. The molecule has 0 unspecified atom stereocenters. The van der Waals surface area contributed by atoms with E-state index in [0.717, 1.165) is 5.82 Å². The minimum Gasteiger partial charge on any atom is -0.344 e. The fourth-order valence-electron chi connectivity index (χ4n) is 3.26. The van der Waals surface area contributed by atoms with Gasteiger partial charge in [0.15, 0.2) is 0 Å². The first kappa shape index (κ1) is 13.0. The molecule has 4 aromatic rings. The van der Waals surface area contributed by atoms with E-state index in [4.69, 9.17) is 0 Å². The molecule has 0 spiro atoms. The van der Waals surface area contributed by atoms with Crippen molar-refractivity contribution >= 4 is 21.8 Å². The summed E-state index contributed by atoms with van der Waals surface area (Å²) in [5.74, 6) is 0.993. The van der Waals surface area contributed by atoms with E-state index in [2.05, 4.69) is 64.5 Å². The van der Waals surface area contributed by atoms with Gasteiger partial charge in [0.05, 0.1) is 18.8 Å². The van der Waals surface area contributed by atoms with Crippen LogP contribution in [0.15, 0.2) is 54.9 Å². The fourth-order valence-corrected chi connectivity index (χ4v) is 3.26. The Morgan fingerprint density at radius 3 is 2.64 bits per heavy atom. The molecule has 0 amide bonds. The summed E-state index contributed by atoms with van der Waals surface area (Å²) in [7, 11) is 4.16. The molecule has 0 aliphatic rings. The van der Waals surface area contributed by atoms with Crippen LogP contribution in [0.3, 0.4) is 0 Å². The van der Waals surface area contributed by atoms with Crippen molar-refractivity contribution in [2.24, 2.45) is 14.1 Å². The molecule has 2 heterocycles. The molecule has 0 N–H and O–H groups in total. The largest absolute Gasteiger partial charge is 0.344 e. The SMILES string of the molecule is Cc1cc2c3ccccc3n(C)c2cc1-c1nccc[n+]1C. The maximum Gasteiger partial charge on any atom is 0.330 e. The molecule has 2 aromatic heterocycles. The minimum absolute atomic E-state index is 0.993. The second-order valence-electron chi connectivity index (χ2n) is 5.81. The number of aromatic nitrogens is 3. The Balaban J connectivity index is 2.11. The molecular formula is C19H18N3+. The summed E-state index contributed by atoms with van der Waals surface area (Å²) in [4.78, 5) is 4.55. The van der Waals surface area contributed by atoms with Crippen LogP contribution in [0.25, 0.3) is 33.2 Å². The van der Waals surface area contributed by atoms with Crippen molar-refractivity contribution in [3.8, 4) is 11.4 Å². The third kappa shape index (κ3) is 1.75. The van der Waals surface area contributed by atoms with Crippen LogP contribution in [-0.2, 0) is 14.1 Å². The average molecular weight is 288 g/mol. The third-order valence-corrected chi connectivity index (χ3v) is 4.43. The summed E-state index contributed by atoms with van der Waals surface area (Å²) in [6.45, 7) is 2.16. The highest BCUT2D eigenvalue weighted by Crippen LogP contribution is 2.32. The second-order valence-corrected chi connectivity index (χ2v) is 5.81. The maximum absolute atomic E-state index is 4.55. The quantitative estimate of drug-likeness (QED) is 0.491. The van der Waals surface area contributed by atoms with Crippen molar-refractivity contribution in [2.45, 2.75) is 6.92 Å². The van der Waals surface area contributed by atoms with Gasteiger partial charge in [-0.1, -0.05) is 18.2 Å². The summed E-state index contributed by atoms with van der Waals surface area (Å²) in [5.41, 5.74) is 4.94. The number of aryl methyl sites for hydroxylation is 3. The Morgan fingerprint density at radius 1 is 1.00 bits per heavy atom. The number of hydrogen-bond acceptors (Lipinski definition) is 1. The van der Waals surface area contributed by atoms with Crippen LogP contribution in [0, 0.1) is 6.92 Å². The molecule has 0 saturated heterocycles. The maximum atomic E-state index is 4.55. The van der Waals surface area contributed by atoms with Gasteiger partial charge in [0.25, 0.3) is 0 Å². The molecule has 0 aliphatic carbocycles. The topological polar surface area (TPSA) is 21.7 Å². The molecule has 4 rings (SSSR count). The van der Waals surface area contributed by atoms with Gasteiger partial charge in [-0.25, -0.2) is 4.57 Å². The number of fused-ring (bicyclic) bond motifs is 3. The van der Waals surface area contributed by atoms with Gasteiger partial charge in [0, 0.05) is 34.9 Å². The first-order valence-electron chi connectivity index (χ1n) is 7.45. The molecular weight excluding hydrogens is 270 g/mol. The van der Waals surface area contributed by atoms with E-state index in [9.17, 15) is 0 Å². The van der Waals surface area contributed by atoms with E-state index < -0.39 is 0 Å². The number of benzene rings is 2. The summed E-state index contributed by atoms with van der Waals surface area (Å²) in [6, 6.07) is 15.0. The zero-order chi connectivity index (χ0) is 15.3. The predicted molar refractivity (Wildman–Crippen MR) is 89.6 cm³/mol. The first-order valence-corrected chi connectivity index (χ1v) is 7.45. The van der Waals surface area contributed by atoms with E-state index in [-0.39, 0.29) is 0 Å². The van der Waals surface area contributed by atoms with Crippen LogP contribution < -0.4 is 4.57 Å². The Morgan fingerprint density at radius 2 is 1.82 bits per heavy atom. The van der Waals surface area contributed by atoms with Crippen LogP contribution in [0.1, 0.15) is 5.56 Å². The summed E-state index contributed by atoms with van der Waals surface area (Å²) < 4.78 is 4.33. The summed E-state index contributed by atoms with van der Waals surface area (Å²) in [5, 5.41) is 2.61. The van der Waals surface area contributed by atoms with Gasteiger partial charge in [-0.15, -0.1) is 0 Å². The van der Waals surface area contributed by atoms with Crippen molar-refractivity contribution in [2.75, 3.05) is 0 Å². The van der Waals surface area contributed by atoms with Gasteiger partial charge in [-0.05, 0) is 35.7 Å². The normalized spacial score (nSPS) is 11.4. The molecule has 22 heavy (non-hydrogen) atoms. The predicted octanol–water partition coefficient (Wildman–Crippen LogP) is 3.53. The highest BCUT2D eigenvalue weighted by atomic mass is 15.0. The van der Waals surface area contributed by atoms with Crippen molar-refractivity contribution < 1.29 is 4.57 Å². The number of para-hydroxylation sites is 1. The van der Waals surface area contributed by atoms with Gasteiger partial charge in [-0.2, -0.15) is 0 Å². The van der Waals surface area contributed by atoms with E-state index in [1.165, 1.54) is 32.9 Å². The molecule has 0 aliphatic heterocycles. The van der Waals surface area contributed by atoms with E-state index in [1.807, 2.05) is 25.5 Å². The average Bonchev–Trinajstić information content (AvgIpc) is 2.80. The van der Waals surface area contributed by atoms with Gasteiger partial charge in [0.1, 0.15) is 6.20 Å². The first-order chi connectivity index (χ1) is 10.7. The molecule has 0 fully saturated rings. The molecule has 108 valence electrons. The van der Waals surface area contributed by atoms with Crippen LogP contribution in [0.2, 0.25) is 0 Å². The van der Waals surface area contributed by atoms with Crippen molar-refractivity contribution in [3.05, 3.63) is 60.4 Å². The summed E-state index contributed by atoms with van der Waals surface area (Å²) >= 11 is 0. The minimum atomic E-state index is 0.993. The molecule has 0 bridgehead atoms. The zero-order valence-electron chi connectivity index (χ0n) is 13.0.